The Morgan fingerprint density at radius 3 is 2.62 bits per heavy atom. The van der Waals surface area contributed by atoms with Gasteiger partial charge in [-0.15, -0.1) is 0 Å². The van der Waals surface area contributed by atoms with Crippen LogP contribution < -0.4 is 9.62 Å². The van der Waals surface area contributed by atoms with Crippen molar-refractivity contribution in [2.75, 3.05) is 22.7 Å². The van der Waals surface area contributed by atoms with Crippen molar-refractivity contribution in [1.82, 2.24) is 9.97 Å². The highest BCUT2D eigenvalue weighted by molar-refractivity contribution is 7.92. The standard InChI is InChI=1S/C25H25F3N4O4S/c1-2-16-7-3-4-9-18(16)19-13-21(29-14-20(19)25(26,27)28)31-37(35,36)23-11-5-10-22(30-23)32-12-6-8-17(15-32)24(33)34/h3-5,7,9-11,13-14,17H,2,6,8,12,15H2,1H3,(H,29,31)(H,33,34)/t17-/m1/s1. The van der Waals surface area contributed by atoms with Crippen LogP contribution in [0.3, 0.4) is 0 Å². The van der Waals surface area contributed by atoms with Crippen molar-refractivity contribution in [3.05, 3.63) is 65.9 Å². The number of carboxylic acid groups (broad SMARTS) is 1. The summed E-state index contributed by atoms with van der Waals surface area (Å²) in [5, 5.41) is 8.97. The molecule has 1 aliphatic rings. The van der Waals surface area contributed by atoms with E-state index < -0.39 is 33.7 Å². The molecule has 0 aliphatic carbocycles. The van der Waals surface area contributed by atoms with Gasteiger partial charge in [-0.05, 0) is 54.2 Å². The average Bonchev–Trinajstić information content (AvgIpc) is 2.88. The fourth-order valence-corrected chi connectivity index (χ4v) is 5.32. The number of anilines is 2. The Bertz CT molecular complexity index is 1410. The van der Waals surface area contributed by atoms with Gasteiger partial charge in [-0.2, -0.15) is 21.6 Å². The first-order valence-electron chi connectivity index (χ1n) is 11.6. The summed E-state index contributed by atoms with van der Waals surface area (Å²) in [5.74, 6) is -1.50. The molecule has 37 heavy (non-hydrogen) atoms. The number of benzene rings is 1. The Labute approximate surface area is 212 Å². The second-order valence-corrected chi connectivity index (χ2v) is 10.3. The van der Waals surface area contributed by atoms with E-state index in [4.69, 9.17) is 0 Å². The second-order valence-electron chi connectivity index (χ2n) is 8.69. The number of hydrogen-bond acceptors (Lipinski definition) is 6. The quantitative estimate of drug-likeness (QED) is 0.447. The number of rotatable bonds is 7. The number of piperidine rings is 1. The van der Waals surface area contributed by atoms with E-state index in [-0.39, 0.29) is 23.0 Å². The van der Waals surface area contributed by atoms with E-state index in [9.17, 15) is 31.5 Å². The largest absolute Gasteiger partial charge is 0.481 e. The number of hydrogen-bond donors (Lipinski definition) is 2. The lowest BCUT2D eigenvalue weighted by atomic mass is 9.95. The summed E-state index contributed by atoms with van der Waals surface area (Å²) < 4.78 is 69.8. The molecule has 3 aromatic rings. The zero-order valence-corrected chi connectivity index (χ0v) is 20.7. The molecule has 0 amide bonds. The van der Waals surface area contributed by atoms with E-state index in [1.165, 1.54) is 12.1 Å². The molecule has 1 atom stereocenters. The zero-order valence-electron chi connectivity index (χ0n) is 19.9. The van der Waals surface area contributed by atoms with Gasteiger partial charge in [0, 0.05) is 19.3 Å². The Hall–Kier alpha value is -3.67. The Balaban J connectivity index is 1.67. The molecule has 0 bridgehead atoms. The van der Waals surface area contributed by atoms with Gasteiger partial charge in [0.1, 0.15) is 11.6 Å². The van der Waals surface area contributed by atoms with Gasteiger partial charge in [0.25, 0.3) is 10.0 Å². The number of nitrogens with one attached hydrogen (secondary N) is 1. The smallest absolute Gasteiger partial charge is 0.418 e. The summed E-state index contributed by atoms with van der Waals surface area (Å²) in [6, 6.07) is 12.0. The van der Waals surface area contributed by atoms with Gasteiger partial charge in [-0.3, -0.25) is 9.52 Å². The number of alkyl halides is 3. The molecule has 2 N–H and O–H groups in total. The van der Waals surface area contributed by atoms with Crippen molar-refractivity contribution >= 4 is 27.6 Å². The third kappa shape index (κ3) is 5.85. The van der Waals surface area contributed by atoms with Crippen molar-refractivity contribution in [3.63, 3.8) is 0 Å². The summed E-state index contributed by atoms with van der Waals surface area (Å²) in [6.45, 7) is 2.53. The number of halogens is 3. The van der Waals surface area contributed by atoms with Gasteiger partial charge in [-0.1, -0.05) is 37.3 Å². The van der Waals surface area contributed by atoms with Crippen LogP contribution in [-0.2, 0) is 27.4 Å². The maximum absolute atomic E-state index is 13.8. The number of pyridine rings is 2. The lowest BCUT2D eigenvalue weighted by Crippen LogP contribution is -2.39. The molecule has 3 heterocycles. The van der Waals surface area contributed by atoms with Gasteiger partial charge in [0.2, 0.25) is 0 Å². The third-order valence-electron chi connectivity index (χ3n) is 6.22. The number of carboxylic acids is 1. The number of aryl methyl sites for hydroxylation is 1. The molecule has 4 rings (SSSR count). The van der Waals surface area contributed by atoms with E-state index in [1.807, 2.05) is 6.92 Å². The van der Waals surface area contributed by atoms with Gasteiger partial charge in [-0.25, -0.2) is 9.97 Å². The van der Waals surface area contributed by atoms with Crippen LogP contribution in [0, 0.1) is 5.92 Å². The lowest BCUT2D eigenvalue weighted by molar-refractivity contribution is -0.142. The minimum Gasteiger partial charge on any atom is -0.481 e. The molecule has 196 valence electrons. The number of aliphatic carboxylic acids is 1. The minimum absolute atomic E-state index is 0.188. The van der Waals surface area contributed by atoms with Gasteiger partial charge in [0.05, 0.1) is 11.5 Å². The molecule has 0 unspecified atom stereocenters. The summed E-state index contributed by atoms with van der Waals surface area (Å²) in [7, 11) is -4.32. The van der Waals surface area contributed by atoms with Crippen molar-refractivity contribution < 1.29 is 31.5 Å². The predicted molar refractivity (Wildman–Crippen MR) is 132 cm³/mol. The van der Waals surface area contributed by atoms with Crippen LogP contribution in [0.15, 0.2) is 59.8 Å². The highest BCUT2D eigenvalue weighted by Gasteiger charge is 2.35. The highest BCUT2D eigenvalue weighted by Crippen LogP contribution is 2.39. The van der Waals surface area contributed by atoms with Crippen LogP contribution in [0.5, 0.6) is 0 Å². The molecule has 12 heteroatoms. The van der Waals surface area contributed by atoms with Crippen LogP contribution in [0.4, 0.5) is 24.8 Å². The monoisotopic (exact) mass is 534 g/mol. The minimum atomic E-state index is -4.70. The van der Waals surface area contributed by atoms with Gasteiger partial charge >= 0.3 is 12.1 Å². The normalized spacial score (nSPS) is 16.4. The Morgan fingerprint density at radius 2 is 1.92 bits per heavy atom. The van der Waals surface area contributed by atoms with E-state index in [2.05, 4.69) is 14.7 Å². The second kappa shape index (κ2) is 10.4. The molecular formula is C25H25F3N4O4S. The van der Waals surface area contributed by atoms with E-state index in [0.29, 0.717) is 48.9 Å². The fourth-order valence-electron chi connectivity index (χ4n) is 4.36. The van der Waals surface area contributed by atoms with Crippen molar-refractivity contribution in [1.29, 1.82) is 0 Å². The summed E-state index contributed by atoms with van der Waals surface area (Å²) in [6.07, 6.45) is -2.46. The SMILES string of the molecule is CCc1ccccc1-c1cc(NS(=O)(=O)c2cccc(N3CCC[C@@H](C(=O)O)C3)n2)ncc1C(F)(F)F. The number of aromatic nitrogens is 2. The summed E-state index contributed by atoms with van der Waals surface area (Å²) in [5.41, 5.74) is -0.163. The molecule has 1 saturated heterocycles. The number of sulfonamides is 1. The van der Waals surface area contributed by atoms with Crippen molar-refractivity contribution in [3.8, 4) is 11.1 Å². The first-order chi connectivity index (χ1) is 17.5. The predicted octanol–water partition coefficient (Wildman–Crippen LogP) is 4.83. The van der Waals surface area contributed by atoms with Gasteiger partial charge < -0.3 is 10.0 Å². The van der Waals surface area contributed by atoms with Gasteiger partial charge in [0.15, 0.2) is 5.03 Å². The Kier molecular flexibility index (Phi) is 7.39. The van der Waals surface area contributed by atoms with Crippen molar-refractivity contribution in [2.45, 2.75) is 37.4 Å². The molecule has 0 spiro atoms. The lowest BCUT2D eigenvalue weighted by Gasteiger charge is -2.31. The highest BCUT2D eigenvalue weighted by atomic mass is 32.2. The number of nitrogens with zero attached hydrogens (tertiary/aromatic N) is 3. The fraction of sp³-hybridized carbons (Fsp3) is 0.320. The zero-order chi connectivity index (χ0) is 26.8. The molecule has 1 aromatic carbocycles. The molecule has 1 aliphatic heterocycles. The Morgan fingerprint density at radius 1 is 1.16 bits per heavy atom. The van der Waals surface area contributed by atoms with E-state index in [1.54, 1.807) is 35.2 Å². The molecule has 2 aromatic heterocycles. The first-order valence-corrected chi connectivity index (χ1v) is 13.1. The molecular weight excluding hydrogens is 509 g/mol. The van der Waals surface area contributed by atoms with Crippen molar-refractivity contribution in [2.24, 2.45) is 5.92 Å². The summed E-state index contributed by atoms with van der Waals surface area (Å²) >= 11 is 0. The van der Waals surface area contributed by atoms with Crippen LogP contribution in [0.1, 0.15) is 30.9 Å². The molecule has 1 fully saturated rings. The van der Waals surface area contributed by atoms with Crippen LogP contribution >= 0.6 is 0 Å². The molecule has 0 saturated carbocycles. The molecule has 0 radical (unpaired) electrons. The van der Waals surface area contributed by atoms with E-state index >= 15 is 0 Å². The summed E-state index contributed by atoms with van der Waals surface area (Å²) in [4.78, 5) is 21.0. The van der Waals surface area contributed by atoms with Crippen LogP contribution in [-0.4, -0.2) is 42.6 Å². The van der Waals surface area contributed by atoms with E-state index in [0.717, 1.165) is 6.07 Å². The number of carbonyl (C=O) groups is 1. The average molecular weight is 535 g/mol. The maximum atomic E-state index is 13.8. The molecule has 8 nitrogen and oxygen atoms in total. The third-order valence-corrected chi connectivity index (χ3v) is 7.47. The first kappa shape index (κ1) is 26.4. The maximum Gasteiger partial charge on any atom is 0.418 e. The van der Waals surface area contributed by atoms with Crippen LogP contribution in [0.2, 0.25) is 0 Å². The topological polar surface area (TPSA) is 112 Å². The van der Waals surface area contributed by atoms with Crippen LogP contribution in [0.25, 0.3) is 11.1 Å².